The van der Waals surface area contributed by atoms with Gasteiger partial charge in [0.05, 0.1) is 15.9 Å². The molecule has 1 saturated carbocycles. The zero-order valence-corrected chi connectivity index (χ0v) is 23.4. The predicted octanol–water partition coefficient (Wildman–Crippen LogP) is 6.32. The quantitative estimate of drug-likeness (QED) is 0.305. The van der Waals surface area contributed by atoms with Gasteiger partial charge in [0.15, 0.2) is 5.75 Å². The maximum atomic E-state index is 14.4. The van der Waals surface area contributed by atoms with Crippen molar-refractivity contribution in [2.75, 3.05) is 13.1 Å². The van der Waals surface area contributed by atoms with E-state index in [4.69, 9.17) is 4.74 Å². The minimum absolute atomic E-state index is 0.0190. The number of amides is 2. The molecule has 1 aliphatic heterocycles. The molecule has 1 aliphatic carbocycles. The molecule has 1 aromatic carbocycles. The largest absolute Gasteiger partial charge is 0.412 e. The van der Waals surface area contributed by atoms with Gasteiger partial charge in [0.2, 0.25) is 5.92 Å². The van der Waals surface area contributed by atoms with Gasteiger partial charge in [0.25, 0.3) is 5.91 Å². The summed E-state index contributed by atoms with van der Waals surface area (Å²) in [5.41, 5.74) is 3.10. The zero-order chi connectivity index (χ0) is 27.5. The number of nitrogens with zero attached hydrogens (tertiary/aromatic N) is 3. The van der Waals surface area contributed by atoms with E-state index in [-0.39, 0.29) is 37.8 Å². The lowest BCUT2D eigenvalue weighted by Gasteiger charge is -2.28. The number of carbonyl (C=O) groups is 2. The Labute approximate surface area is 232 Å². The van der Waals surface area contributed by atoms with E-state index in [0.29, 0.717) is 11.4 Å². The first-order chi connectivity index (χ1) is 18.6. The van der Waals surface area contributed by atoms with Crippen LogP contribution in [0.4, 0.5) is 13.6 Å². The second-order valence-electron chi connectivity index (χ2n) is 10.5. The highest BCUT2D eigenvalue weighted by Crippen LogP contribution is 2.50. The zero-order valence-electron chi connectivity index (χ0n) is 21.7. The molecule has 3 atom stereocenters. The number of carbonyl (C=O) groups excluding carboxylic acids is 2. The molecule has 204 valence electrons. The molecule has 3 aromatic heterocycles. The molecule has 0 unspecified atom stereocenters. The number of hydrogen-bond acceptors (Lipinski definition) is 6. The number of benzene rings is 1. The van der Waals surface area contributed by atoms with Crippen molar-refractivity contribution in [3.63, 3.8) is 0 Å². The molecule has 4 heterocycles. The Morgan fingerprint density at radius 3 is 2.85 bits per heavy atom. The summed E-state index contributed by atoms with van der Waals surface area (Å²) < 4.78 is 36.3. The van der Waals surface area contributed by atoms with E-state index in [0.717, 1.165) is 31.4 Å². The first-order valence-corrected chi connectivity index (χ1v) is 14.5. The number of hydrogen-bond donors (Lipinski definition) is 1. The van der Waals surface area contributed by atoms with Gasteiger partial charge in [-0.1, -0.05) is 29.8 Å². The summed E-state index contributed by atoms with van der Waals surface area (Å²) in [5.74, 6) is -3.37. The summed E-state index contributed by atoms with van der Waals surface area (Å²) in [6.07, 6.45) is 2.51. The van der Waals surface area contributed by atoms with Crippen molar-refractivity contribution in [1.29, 1.82) is 0 Å². The highest BCUT2D eigenvalue weighted by atomic mass is 32.1. The van der Waals surface area contributed by atoms with Crippen molar-refractivity contribution in [3.05, 3.63) is 63.9 Å². The van der Waals surface area contributed by atoms with Gasteiger partial charge >= 0.3 is 6.09 Å². The van der Waals surface area contributed by atoms with E-state index >= 15 is 0 Å². The van der Waals surface area contributed by atoms with E-state index in [1.54, 1.807) is 4.90 Å². The average Bonchev–Trinajstić information content (AvgIpc) is 3.66. The van der Waals surface area contributed by atoms with Gasteiger partial charge in [-0.05, 0) is 38.2 Å². The van der Waals surface area contributed by atoms with Crippen molar-refractivity contribution in [3.8, 4) is 16.2 Å². The van der Waals surface area contributed by atoms with E-state index < -0.39 is 24.0 Å². The fourth-order valence-electron chi connectivity index (χ4n) is 6.02. The van der Waals surface area contributed by atoms with Crippen LogP contribution in [0.1, 0.15) is 39.5 Å². The van der Waals surface area contributed by atoms with E-state index in [2.05, 4.69) is 10.3 Å². The van der Waals surface area contributed by atoms with Gasteiger partial charge in [0.1, 0.15) is 10.5 Å². The predicted molar refractivity (Wildman–Crippen MR) is 147 cm³/mol. The summed E-state index contributed by atoms with van der Waals surface area (Å²) in [6.45, 7) is 5.92. The summed E-state index contributed by atoms with van der Waals surface area (Å²) in [6, 6.07) is 7.28. The standard InChI is InChI=1S/C28H28F2N4O3S2/c1-15-5-4-6-18(9-15)24-22(32-17(3)39-24)25(35)34-14-19-10-28(29,30)11-20(19)21(34)12-31-27(36)37-23-16(2)13-33-7-8-38-26(23)33/h4-9,13,19-21H,10-12,14H2,1-3H3,(H,31,36)/t19-,20-,21+/m0/s1. The number of nitrogens with one attached hydrogen (secondary N) is 1. The normalized spacial score (nSPS) is 21.9. The molecule has 39 heavy (non-hydrogen) atoms. The van der Waals surface area contributed by atoms with Crippen LogP contribution >= 0.6 is 22.7 Å². The summed E-state index contributed by atoms with van der Waals surface area (Å²) in [5, 5.41) is 5.41. The number of rotatable bonds is 5. The van der Waals surface area contributed by atoms with E-state index in [1.165, 1.54) is 22.7 Å². The Balaban J connectivity index is 1.25. The number of fused-ring (bicyclic) bond motifs is 2. The van der Waals surface area contributed by atoms with Gasteiger partial charge in [-0.15, -0.1) is 22.7 Å². The Morgan fingerprint density at radius 2 is 2.05 bits per heavy atom. The highest BCUT2D eigenvalue weighted by Gasteiger charge is 2.56. The second-order valence-corrected chi connectivity index (χ2v) is 12.6. The molecule has 7 nitrogen and oxygen atoms in total. The monoisotopic (exact) mass is 570 g/mol. The third-order valence-electron chi connectivity index (χ3n) is 7.68. The molecule has 1 saturated heterocycles. The van der Waals surface area contributed by atoms with Crippen molar-refractivity contribution in [2.45, 2.75) is 45.6 Å². The highest BCUT2D eigenvalue weighted by molar-refractivity contribution is 7.16. The average molecular weight is 571 g/mol. The summed E-state index contributed by atoms with van der Waals surface area (Å²) in [7, 11) is 0. The lowest BCUT2D eigenvalue weighted by Crippen LogP contribution is -2.47. The smallest absolute Gasteiger partial charge is 0.407 e. The number of halogens is 2. The van der Waals surface area contributed by atoms with Gasteiger partial charge < -0.3 is 19.4 Å². The van der Waals surface area contributed by atoms with Crippen LogP contribution in [0.5, 0.6) is 5.75 Å². The lowest BCUT2D eigenvalue weighted by atomic mass is 9.94. The first-order valence-electron chi connectivity index (χ1n) is 12.8. The molecule has 11 heteroatoms. The number of ether oxygens (including phenoxy) is 1. The SMILES string of the molecule is Cc1cccc(-c2sc(C)nc2C(=O)N2C[C@@H]3CC(F)(F)C[C@@H]3[C@H]2CNC(=O)Oc2c(C)cn3ccsc23)c1. The minimum Gasteiger partial charge on any atom is -0.407 e. The number of aromatic nitrogens is 2. The van der Waals surface area contributed by atoms with Gasteiger partial charge in [0, 0.05) is 49.3 Å². The molecular formula is C28H28F2N4O3S2. The van der Waals surface area contributed by atoms with Crippen LogP contribution in [-0.2, 0) is 0 Å². The first kappa shape index (κ1) is 25.9. The van der Waals surface area contributed by atoms with Crippen LogP contribution in [0.2, 0.25) is 0 Å². The van der Waals surface area contributed by atoms with Gasteiger partial charge in [-0.25, -0.2) is 18.6 Å². The Kier molecular flexibility index (Phi) is 6.46. The van der Waals surface area contributed by atoms with Crippen molar-refractivity contribution in [1.82, 2.24) is 19.6 Å². The number of alkyl halides is 2. The Morgan fingerprint density at radius 1 is 1.23 bits per heavy atom. The third-order valence-corrected chi connectivity index (χ3v) is 9.57. The van der Waals surface area contributed by atoms with E-state index in [9.17, 15) is 18.4 Å². The summed E-state index contributed by atoms with van der Waals surface area (Å²) >= 11 is 2.89. The van der Waals surface area contributed by atoms with Crippen molar-refractivity contribution in [2.24, 2.45) is 11.8 Å². The number of aryl methyl sites for hydroxylation is 3. The maximum Gasteiger partial charge on any atom is 0.412 e. The van der Waals surface area contributed by atoms with Crippen LogP contribution in [0.25, 0.3) is 15.3 Å². The lowest BCUT2D eigenvalue weighted by molar-refractivity contribution is -0.00608. The molecule has 4 aromatic rings. The van der Waals surface area contributed by atoms with Crippen molar-refractivity contribution >= 4 is 39.5 Å². The molecule has 1 N–H and O–H groups in total. The third kappa shape index (κ3) is 4.82. The minimum atomic E-state index is -2.78. The molecule has 0 bridgehead atoms. The molecule has 2 fully saturated rings. The Bertz CT molecular complexity index is 1580. The van der Waals surface area contributed by atoms with Crippen LogP contribution in [-0.4, -0.2) is 51.3 Å². The maximum absolute atomic E-state index is 14.4. The molecule has 0 spiro atoms. The van der Waals surface area contributed by atoms with Crippen LogP contribution in [0.15, 0.2) is 42.0 Å². The van der Waals surface area contributed by atoms with Crippen molar-refractivity contribution < 1.29 is 23.1 Å². The fourth-order valence-corrected chi connectivity index (χ4v) is 7.80. The number of thiazole rings is 2. The Hall–Kier alpha value is -3.31. The number of likely N-dealkylation sites (tertiary alicyclic amines) is 1. The van der Waals surface area contributed by atoms with Crippen LogP contribution in [0.3, 0.4) is 0 Å². The molecular weight excluding hydrogens is 542 g/mol. The van der Waals surface area contributed by atoms with Gasteiger partial charge in [-0.2, -0.15) is 0 Å². The van der Waals surface area contributed by atoms with E-state index in [1.807, 2.05) is 67.2 Å². The molecule has 2 aliphatic rings. The van der Waals surface area contributed by atoms with Gasteiger partial charge in [-0.3, -0.25) is 4.79 Å². The fraction of sp³-hybridized carbons (Fsp3) is 0.393. The topological polar surface area (TPSA) is 75.9 Å². The molecule has 0 radical (unpaired) electrons. The molecule has 6 rings (SSSR count). The summed E-state index contributed by atoms with van der Waals surface area (Å²) in [4.78, 5) is 34.5. The van der Waals surface area contributed by atoms with Crippen LogP contribution < -0.4 is 10.1 Å². The molecule has 2 amide bonds. The van der Waals surface area contributed by atoms with Crippen LogP contribution in [0, 0.1) is 32.6 Å². The second kappa shape index (κ2) is 9.71.